The third-order valence-electron chi connectivity index (χ3n) is 2.64. The fourth-order valence-corrected chi connectivity index (χ4v) is 1.58. The molecule has 0 aliphatic rings. The van der Waals surface area contributed by atoms with Crippen LogP contribution in [0.2, 0.25) is 0 Å². The van der Waals surface area contributed by atoms with Crippen molar-refractivity contribution in [2.24, 2.45) is 5.41 Å². The van der Waals surface area contributed by atoms with E-state index in [1.807, 2.05) is 0 Å². The molecule has 0 aromatic carbocycles. The lowest BCUT2D eigenvalue weighted by Gasteiger charge is -2.33. The van der Waals surface area contributed by atoms with Gasteiger partial charge in [0.05, 0.1) is 11.7 Å². The minimum Gasteiger partial charge on any atom is -0.389 e. The number of aliphatic hydroxyl groups excluding tert-OH is 1. The van der Waals surface area contributed by atoms with Crippen LogP contribution in [0.15, 0.2) is 17.4 Å². The average Bonchev–Trinajstić information content (AvgIpc) is 2.01. The molecule has 0 spiro atoms. The van der Waals surface area contributed by atoms with Gasteiger partial charge in [0.2, 0.25) is 0 Å². The first-order valence-corrected chi connectivity index (χ1v) is 5.49. The quantitative estimate of drug-likeness (QED) is 0.703. The zero-order valence-corrected chi connectivity index (χ0v) is 10.8. The molecule has 0 aliphatic heterocycles. The van der Waals surface area contributed by atoms with Crippen LogP contribution in [-0.4, -0.2) is 21.9 Å². The van der Waals surface area contributed by atoms with Crippen molar-refractivity contribution in [3.8, 4) is 0 Å². The summed E-state index contributed by atoms with van der Waals surface area (Å²) in [5.41, 5.74) is 2.87. The summed E-state index contributed by atoms with van der Waals surface area (Å²) in [5, 5.41) is 19.2. The Morgan fingerprint density at radius 3 is 2.07 bits per heavy atom. The molecule has 15 heavy (non-hydrogen) atoms. The van der Waals surface area contributed by atoms with E-state index < -0.39 is 11.7 Å². The normalized spacial score (nSPS) is 14.4. The van der Waals surface area contributed by atoms with Crippen LogP contribution < -0.4 is 0 Å². The van der Waals surface area contributed by atoms with Crippen molar-refractivity contribution in [2.45, 2.75) is 59.7 Å². The van der Waals surface area contributed by atoms with Crippen LogP contribution in [0.5, 0.6) is 0 Å². The van der Waals surface area contributed by atoms with E-state index in [1.54, 1.807) is 26.8 Å². The van der Waals surface area contributed by atoms with Crippen LogP contribution in [0.1, 0.15) is 48.0 Å². The first-order chi connectivity index (χ1) is 6.61. The molecule has 2 heteroatoms. The molecular weight excluding hydrogens is 188 g/mol. The molecule has 0 rings (SSSR count). The Hall–Kier alpha value is -0.560. The fraction of sp³-hybridized carbons (Fsp3) is 0.769. The van der Waals surface area contributed by atoms with Gasteiger partial charge in [0.1, 0.15) is 0 Å². The minimum atomic E-state index is -0.898. The van der Waals surface area contributed by atoms with Crippen molar-refractivity contribution in [2.75, 3.05) is 0 Å². The highest BCUT2D eigenvalue weighted by atomic mass is 16.3. The summed E-state index contributed by atoms with van der Waals surface area (Å²) in [5.74, 6) is 0. The Morgan fingerprint density at radius 1 is 1.33 bits per heavy atom. The van der Waals surface area contributed by atoms with E-state index in [1.165, 1.54) is 0 Å². The van der Waals surface area contributed by atoms with Crippen LogP contribution >= 0.6 is 0 Å². The number of aliphatic hydroxyl groups is 2. The van der Waals surface area contributed by atoms with Gasteiger partial charge in [0, 0.05) is 5.57 Å². The summed E-state index contributed by atoms with van der Waals surface area (Å²) in [6, 6.07) is 0. The highest BCUT2D eigenvalue weighted by Crippen LogP contribution is 2.36. The largest absolute Gasteiger partial charge is 0.389 e. The maximum absolute atomic E-state index is 10.1. The van der Waals surface area contributed by atoms with E-state index >= 15 is 0 Å². The van der Waals surface area contributed by atoms with Gasteiger partial charge in [-0.2, -0.15) is 0 Å². The second-order valence-electron chi connectivity index (χ2n) is 5.22. The Kier molecular flexibility index (Phi) is 4.79. The minimum absolute atomic E-state index is 0.107. The Labute approximate surface area is 93.3 Å². The molecule has 0 saturated heterocycles. The van der Waals surface area contributed by atoms with Crippen molar-refractivity contribution >= 4 is 0 Å². The summed E-state index contributed by atoms with van der Waals surface area (Å²) >= 11 is 0. The zero-order chi connectivity index (χ0) is 12.3. The van der Waals surface area contributed by atoms with Gasteiger partial charge in [-0.05, 0) is 38.7 Å². The smallest absolute Gasteiger partial charge is 0.0879 e. The van der Waals surface area contributed by atoms with Gasteiger partial charge < -0.3 is 10.2 Å². The molecule has 1 unspecified atom stereocenters. The number of rotatable bonds is 4. The summed E-state index contributed by atoms with van der Waals surface area (Å²) in [7, 11) is 0. The molecule has 0 aliphatic carbocycles. The maximum atomic E-state index is 10.1. The van der Waals surface area contributed by atoms with E-state index in [9.17, 15) is 10.2 Å². The average molecular weight is 212 g/mol. The van der Waals surface area contributed by atoms with E-state index in [0.29, 0.717) is 0 Å². The van der Waals surface area contributed by atoms with Crippen molar-refractivity contribution in [1.82, 2.24) is 0 Å². The van der Waals surface area contributed by atoms with Gasteiger partial charge in [0.25, 0.3) is 0 Å². The third-order valence-corrected chi connectivity index (χ3v) is 2.64. The lowest BCUT2D eigenvalue weighted by molar-refractivity contribution is 0.0943. The third kappa shape index (κ3) is 4.65. The Bertz CT molecular complexity index is 261. The van der Waals surface area contributed by atoms with Crippen LogP contribution in [0, 0.1) is 5.41 Å². The van der Waals surface area contributed by atoms with Gasteiger partial charge in [-0.25, -0.2) is 0 Å². The predicted octanol–water partition coefficient (Wildman–Crippen LogP) is 2.66. The molecule has 88 valence electrons. The number of hydrogen-bond acceptors (Lipinski definition) is 2. The molecule has 0 heterocycles. The van der Waals surface area contributed by atoms with Crippen molar-refractivity contribution in [3.63, 3.8) is 0 Å². The molecule has 2 nitrogen and oxygen atoms in total. The fourth-order valence-electron chi connectivity index (χ4n) is 1.58. The molecule has 2 N–H and O–H groups in total. The summed E-state index contributed by atoms with van der Waals surface area (Å²) < 4.78 is 0. The topological polar surface area (TPSA) is 40.5 Å². The highest BCUT2D eigenvalue weighted by molar-refractivity contribution is 5.21. The summed E-state index contributed by atoms with van der Waals surface area (Å²) in [6.07, 6.45) is 1.98. The second kappa shape index (κ2) is 4.98. The predicted molar refractivity (Wildman–Crippen MR) is 63.6 cm³/mol. The standard InChI is InChI=1S/C13H24O2/c1-7-12(3,4)11(13(5,6)15)9-8-10(2)14/h8,10,14-15H,7H2,1-6H3. The summed E-state index contributed by atoms with van der Waals surface area (Å²) in [4.78, 5) is 0. The number of hydrogen-bond donors (Lipinski definition) is 2. The molecule has 0 aromatic rings. The van der Waals surface area contributed by atoms with E-state index in [0.717, 1.165) is 12.0 Å². The van der Waals surface area contributed by atoms with E-state index in [4.69, 9.17) is 0 Å². The monoisotopic (exact) mass is 212 g/mol. The van der Waals surface area contributed by atoms with Crippen LogP contribution in [0.25, 0.3) is 0 Å². The molecule has 0 radical (unpaired) electrons. The summed E-state index contributed by atoms with van der Waals surface area (Å²) in [6.45, 7) is 11.4. The zero-order valence-electron chi connectivity index (χ0n) is 10.8. The van der Waals surface area contributed by atoms with Gasteiger partial charge in [-0.15, -0.1) is 5.73 Å². The first kappa shape index (κ1) is 14.4. The van der Waals surface area contributed by atoms with Crippen LogP contribution in [0.3, 0.4) is 0 Å². The van der Waals surface area contributed by atoms with E-state index in [-0.39, 0.29) is 5.41 Å². The molecule has 0 saturated carbocycles. The Morgan fingerprint density at radius 2 is 1.80 bits per heavy atom. The highest BCUT2D eigenvalue weighted by Gasteiger charge is 2.31. The lowest BCUT2D eigenvalue weighted by atomic mass is 9.75. The Balaban J connectivity index is 5.37. The van der Waals surface area contributed by atoms with Crippen LogP contribution in [-0.2, 0) is 0 Å². The van der Waals surface area contributed by atoms with Crippen molar-refractivity contribution in [3.05, 3.63) is 17.4 Å². The molecule has 1 atom stereocenters. The SMILES string of the molecule is CCC(C)(C)C(=C=CC(C)O)C(C)(C)O. The van der Waals surface area contributed by atoms with Crippen molar-refractivity contribution < 1.29 is 10.2 Å². The van der Waals surface area contributed by atoms with Crippen molar-refractivity contribution in [1.29, 1.82) is 0 Å². The molecular formula is C13H24O2. The second-order valence-corrected chi connectivity index (χ2v) is 5.22. The molecule has 0 fully saturated rings. The van der Waals surface area contributed by atoms with Gasteiger partial charge in [-0.3, -0.25) is 0 Å². The lowest BCUT2D eigenvalue weighted by Crippen LogP contribution is -2.31. The molecule has 0 aromatic heterocycles. The first-order valence-electron chi connectivity index (χ1n) is 5.49. The molecule has 0 bridgehead atoms. The maximum Gasteiger partial charge on any atom is 0.0879 e. The van der Waals surface area contributed by atoms with Gasteiger partial charge >= 0.3 is 0 Å². The van der Waals surface area contributed by atoms with E-state index in [2.05, 4.69) is 26.5 Å². The van der Waals surface area contributed by atoms with Gasteiger partial charge in [0.15, 0.2) is 0 Å². The van der Waals surface area contributed by atoms with Crippen LogP contribution in [0.4, 0.5) is 0 Å². The van der Waals surface area contributed by atoms with Gasteiger partial charge in [-0.1, -0.05) is 20.8 Å². The molecule has 0 amide bonds.